The van der Waals surface area contributed by atoms with E-state index in [4.69, 9.17) is 18.0 Å². The average molecular weight is 262 g/mol. The van der Waals surface area contributed by atoms with Crippen LogP contribution in [0.15, 0.2) is 11.1 Å². The second-order valence-electron chi connectivity index (χ2n) is 3.34. The molecule has 0 fully saturated rings. The highest BCUT2D eigenvalue weighted by atomic mass is 32.2. The van der Waals surface area contributed by atoms with Crippen molar-refractivity contribution in [2.24, 2.45) is 5.73 Å². The molecule has 1 unspecified atom stereocenters. The smallest absolute Gasteiger partial charge is 0.244 e. The van der Waals surface area contributed by atoms with Crippen LogP contribution in [0.2, 0.25) is 0 Å². The molecular weight excluding hydrogens is 248 g/mol. The molecule has 90 valence electrons. The minimum absolute atomic E-state index is 0.113. The number of nitrogens with two attached hydrogens (primary N) is 1. The van der Waals surface area contributed by atoms with Gasteiger partial charge in [0, 0.05) is 0 Å². The van der Waals surface area contributed by atoms with Crippen molar-refractivity contribution in [2.75, 3.05) is 0 Å². The number of aromatic nitrogens is 2. The maximum Gasteiger partial charge on any atom is 0.244 e. The van der Waals surface area contributed by atoms with Gasteiger partial charge in [-0.15, -0.1) is 0 Å². The Morgan fingerprint density at radius 2 is 2.38 bits per heavy atom. The lowest BCUT2D eigenvalue weighted by molar-refractivity contribution is 0.572. The summed E-state index contributed by atoms with van der Waals surface area (Å²) < 4.78 is 26.2. The summed E-state index contributed by atoms with van der Waals surface area (Å²) in [6.45, 7) is 3.43. The number of rotatable bonds is 5. The summed E-state index contributed by atoms with van der Waals surface area (Å²) in [4.78, 5) is 0.245. The lowest BCUT2D eigenvalue weighted by Crippen LogP contribution is -2.42. The van der Waals surface area contributed by atoms with Crippen LogP contribution in [0.3, 0.4) is 0 Å². The summed E-state index contributed by atoms with van der Waals surface area (Å²) in [5, 5.41) is 6.22. The summed E-state index contributed by atoms with van der Waals surface area (Å²) in [5.74, 6) is 0. The van der Waals surface area contributed by atoms with Crippen LogP contribution in [-0.4, -0.2) is 29.6 Å². The van der Waals surface area contributed by atoms with Gasteiger partial charge in [-0.2, -0.15) is 5.10 Å². The van der Waals surface area contributed by atoms with Gasteiger partial charge in [0.15, 0.2) is 0 Å². The zero-order valence-electron chi connectivity index (χ0n) is 9.02. The van der Waals surface area contributed by atoms with E-state index in [1.54, 1.807) is 13.8 Å². The van der Waals surface area contributed by atoms with Crippen molar-refractivity contribution in [1.29, 1.82) is 0 Å². The largest absolute Gasteiger partial charge is 0.392 e. The van der Waals surface area contributed by atoms with Gasteiger partial charge in [-0.1, -0.05) is 19.1 Å². The van der Waals surface area contributed by atoms with E-state index < -0.39 is 16.1 Å². The first-order chi connectivity index (χ1) is 7.38. The van der Waals surface area contributed by atoms with Gasteiger partial charge in [0.1, 0.15) is 4.90 Å². The molecule has 8 heteroatoms. The molecule has 1 atom stereocenters. The second-order valence-corrected chi connectivity index (χ2v) is 5.50. The molecule has 0 saturated carbocycles. The molecule has 0 radical (unpaired) electrons. The number of sulfonamides is 1. The first-order valence-electron chi connectivity index (χ1n) is 4.70. The van der Waals surface area contributed by atoms with Gasteiger partial charge in [0.2, 0.25) is 10.0 Å². The summed E-state index contributed by atoms with van der Waals surface area (Å²) in [6.07, 6.45) is 1.76. The fraction of sp³-hybridized carbons (Fsp3) is 0.500. The van der Waals surface area contributed by atoms with Crippen molar-refractivity contribution < 1.29 is 8.42 Å². The van der Waals surface area contributed by atoms with Crippen molar-refractivity contribution in [1.82, 2.24) is 14.9 Å². The Morgan fingerprint density at radius 3 is 2.75 bits per heavy atom. The molecule has 0 aliphatic rings. The van der Waals surface area contributed by atoms with E-state index in [0.29, 0.717) is 12.1 Å². The second kappa shape index (κ2) is 4.89. The first kappa shape index (κ1) is 13.1. The molecule has 6 nitrogen and oxygen atoms in total. The Morgan fingerprint density at radius 1 is 1.75 bits per heavy atom. The molecule has 0 spiro atoms. The van der Waals surface area contributed by atoms with Crippen LogP contribution >= 0.6 is 12.2 Å². The maximum absolute atomic E-state index is 11.9. The van der Waals surface area contributed by atoms with E-state index in [1.807, 2.05) is 0 Å². The number of aromatic amines is 1. The van der Waals surface area contributed by atoms with Gasteiger partial charge >= 0.3 is 0 Å². The van der Waals surface area contributed by atoms with Crippen molar-refractivity contribution in [3.8, 4) is 0 Å². The van der Waals surface area contributed by atoms with Crippen LogP contribution < -0.4 is 10.5 Å². The van der Waals surface area contributed by atoms with Crippen molar-refractivity contribution >= 4 is 27.2 Å². The highest BCUT2D eigenvalue weighted by Gasteiger charge is 2.23. The SMILES string of the molecule is CCC(NS(=O)(=O)c1cn[nH]c1C)C(N)=S. The molecule has 4 N–H and O–H groups in total. The summed E-state index contributed by atoms with van der Waals surface area (Å²) in [6, 6.07) is -0.533. The standard InChI is InChI=1S/C8H14N4O2S2/c1-3-6(8(9)15)12-16(13,14)7-4-10-11-5(7)2/h4,6,12H,3H2,1-2H3,(H2,9,15)(H,10,11). The van der Waals surface area contributed by atoms with Crippen LogP contribution in [0.25, 0.3) is 0 Å². The van der Waals surface area contributed by atoms with Crippen LogP contribution in [0.1, 0.15) is 19.0 Å². The molecule has 0 amide bonds. The summed E-state index contributed by atoms with van der Waals surface area (Å²) in [7, 11) is -3.62. The molecular formula is C8H14N4O2S2. The molecule has 16 heavy (non-hydrogen) atoms. The lowest BCUT2D eigenvalue weighted by atomic mass is 10.2. The normalized spacial score (nSPS) is 13.6. The van der Waals surface area contributed by atoms with E-state index in [-0.39, 0.29) is 9.88 Å². The third-order valence-corrected chi connectivity index (χ3v) is 3.99. The molecule has 1 aromatic rings. The fourth-order valence-electron chi connectivity index (χ4n) is 1.20. The van der Waals surface area contributed by atoms with E-state index in [1.165, 1.54) is 6.20 Å². The average Bonchev–Trinajstić information content (AvgIpc) is 2.61. The minimum Gasteiger partial charge on any atom is -0.392 e. The van der Waals surface area contributed by atoms with Crippen molar-refractivity contribution in [2.45, 2.75) is 31.2 Å². The van der Waals surface area contributed by atoms with Gasteiger partial charge in [0.05, 0.1) is 22.9 Å². The molecule has 1 aromatic heterocycles. The number of hydrogen-bond donors (Lipinski definition) is 3. The predicted molar refractivity (Wildman–Crippen MR) is 64.5 cm³/mol. The Labute approximate surface area is 99.7 Å². The maximum atomic E-state index is 11.9. The third kappa shape index (κ3) is 2.77. The van der Waals surface area contributed by atoms with Crippen LogP contribution in [0, 0.1) is 6.92 Å². The first-order valence-corrected chi connectivity index (χ1v) is 6.59. The van der Waals surface area contributed by atoms with Gasteiger partial charge in [0.25, 0.3) is 0 Å². The number of hydrogen-bond acceptors (Lipinski definition) is 4. The van der Waals surface area contributed by atoms with Crippen molar-refractivity contribution in [3.05, 3.63) is 11.9 Å². The minimum atomic E-state index is -3.62. The fourth-order valence-corrected chi connectivity index (χ4v) is 2.94. The topological polar surface area (TPSA) is 101 Å². The predicted octanol–water partition coefficient (Wildman–Crippen LogP) is 0.0611. The zero-order valence-corrected chi connectivity index (χ0v) is 10.7. The molecule has 0 saturated heterocycles. The van der Waals surface area contributed by atoms with Gasteiger partial charge in [-0.3, -0.25) is 5.10 Å². The Balaban J connectivity index is 2.97. The Bertz CT molecular complexity index is 480. The van der Waals surface area contributed by atoms with Crippen LogP contribution in [-0.2, 0) is 10.0 Å². The number of thiocarbonyl (C=S) groups is 1. The zero-order chi connectivity index (χ0) is 12.3. The number of H-pyrrole nitrogens is 1. The monoisotopic (exact) mass is 262 g/mol. The number of nitrogens with one attached hydrogen (secondary N) is 2. The van der Waals surface area contributed by atoms with E-state index in [0.717, 1.165) is 0 Å². The number of nitrogens with zero attached hydrogens (tertiary/aromatic N) is 1. The Hall–Kier alpha value is -0.990. The third-order valence-electron chi connectivity index (χ3n) is 2.12. The van der Waals surface area contributed by atoms with Gasteiger partial charge in [-0.25, -0.2) is 13.1 Å². The van der Waals surface area contributed by atoms with Gasteiger partial charge in [-0.05, 0) is 13.3 Å². The molecule has 0 bridgehead atoms. The molecule has 0 aromatic carbocycles. The molecule has 1 rings (SSSR count). The quantitative estimate of drug-likeness (QED) is 0.651. The highest BCUT2D eigenvalue weighted by Crippen LogP contribution is 2.11. The summed E-state index contributed by atoms with van der Waals surface area (Å²) in [5.41, 5.74) is 5.90. The van der Waals surface area contributed by atoms with Crippen molar-refractivity contribution in [3.63, 3.8) is 0 Å². The highest BCUT2D eigenvalue weighted by molar-refractivity contribution is 7.89. The van der Waals surface area contributed by atoms with E-state index >= 15 is 0 Å². The van der Waals surface area contributed by atoms with E-state index in [9.17, 15) is 8.42 Å². The molecule has 1 heterocycles. The Kier molecular flexibility index (Phi) is 4.00. The van der Waals surface area contributed by atoms with Gasteiger partial charge < -0.3 is 5.73 Å². The number of aryl methyl sites for hydroxylation is 1. The van der Waals surface area contributed by atoms with Crippen LogP contribution in [0.5, 0.6) is 0 Å². The lowest BCUT2D eigenvalue weighted by Gasteiger charge is -2.14. The molecule has 0 aliphatic carbocycles. The summed E-state index contributed by atoms with van der Waals surface area (Å²) >= 11 is 4.77. The van der Waals surface area contributed by atoms with Crippen LogP contribution in [0.4, 0.5) is 0 Å². The van der Waals surface area contributed by atoms with E-state index in [2.05, 4.69) is 14.9 Å². The molecule has 0 aliphatic heterocycles.